The van der Waals surface area contributed by atoms with Crippen LogP contribution in [0.5, 0.6) is 0 Å². The van der Waals surface area contributed by atoms with Crippen LogP contribution in [0.2, 0.25) is 0 Å². The van der Waals surface area contributed by atoms with Gasteiger partial charge in [0.1, 0.15) is 18.5 Å². The molecule has 1 fully saturated rings. The van der Waals surface area contributed by atoms with Gasteiger partial charge in [-0.3, -0.25) is 4.79 Å². The quantitative estimate of drug-likeness (QED) is 0.824. The molecule has 2 rings (SSSR count). The summed E-state index contributed by atoms with van der Waals surface area (Å²) in [6, 6.07) is 0. The number of aromatic nitrogens is 2. The number of nitrogens with one attached hydrogen (secondary N) is 1. The average Bonchev–Trinajstić information content (AvgIpc) is 3.01. The van der Waals surface area contributed by atoms with Crippen LogP contribution in [-0.4, -0.2) is 46.2 Å². The van der Waals surface area contributed by atoms with Gasteiger partial charge in [-0.15, -0.1) is 0 Å². The Morgan fingerprint density at radius 3 is 3.09 bits per heavy atom. The van der Waals surface area contributed by atoms with Crippen LogP contribution in [0.3, 0.4) is 0 Å². The third-order valence-electron chi connectivity index (χ3n) is 3.75. The molecule has 1 aromatic rings. The van der Waals surface area contributed by atoms with Crippen LogP contribution in [0.25, 0.3) is 0 Å². The predicted molar refractivity (Wildman–Crippen MR) is 74.4 cm³/mol. The van der Waals surface area contributed by atoms with E-state index in [2.05, 4.69) is 10.3 Å². The number of alkyl halides is 2. The smallest absolute Gasteiger partial charge is 0.287 e. The van der Waals surface area contributed by atoms with E-state index in [0.29, 0.717) is 31.8 Å². The molecule has 2 N–H and O–H groups in total. The second kappa shape index (κ2) is 7.15. The fourth-order valence-electron chi connectivity index (χ4n) is 2.55. The van der Waals surface area contributed by atoms with Crippen molar-refractivity contribution in [3.05, 3.63) is 18.2 Å². The van der Waals surface area contributed by atoms with Gasteiger partial charge in [-0.2, -0.15) is 0 Å². The standard InChI is InChI=1S/C14H21F2N3O3/c1-2-19-6-5-17-12(19)11-10(4-3-7-22-11)13(21)18-8-14(15,16)9-20/h5-6,10-11,20H,2-4,7-9H2,1H3,(H,18,21)/t10-,11-/m1/s1. The van der Waals surface area contributed by atoms with Gasteiger partial charge in [-0.1, -0.05) is 0 Å². The van der Waals surface area contributed by atoms with Crippen molar-refractivity contribution in [3.8, 4) is 0 Å². The van der Waals surface area contributed by atoms with E-state index in [1.54, 1.807) is 12.4 Å². The Bertz CT molecular complexity index is 507. The van der Waals surface area contributed by atoms with E-state index < -0.39 is 37.0 Å². The normalized spacial score (nSPS) is 22.5. The van der Waals surface area contributed by atoms with Crippen molar-refractivity contribution in [2.24, 2.45) is 5.92 Å². The summed E-state index contributed by atoms with van der Waals surface area (Å²) in [5.41, 5.74) is 0. The van der Waals surface area contributed by atoms with Crippen LogP contribution in [0, 0.1) is 5.92 Å². The zero-order valence-corrected chi connectivity index (χ0v) is 12.5. The maximum atomic E-state index is 13.1. The molecule has 6 nitrogen and oxygen atoms in total. The van der Waals surface area contributed by atoms with Gasteiger partial charge in [-0.25, -0.2) is 13.8 Å². The van der Waals surface area contributed by atoms with Crippen molar-refractivity contribution in [1.82, 2.24) is 14.9 Å². The van der Waals surface area contributed by atoms with E-state index >= 15 is 0 Å². The average molecular weight is 317 g/mol. The van der Waals surface area contributed by atoms with Gasteiger partial charge in [0.25, 0.3) is 5.92 Å². The number of imidazole rings is 1. The second-order valence-corrected chi connectivity index (χ2v) is 5.34. The van der Waals surface area contributed by atoms with Crippen LogP contribution < -0.4 is 5.32 Å². The Balaban J connectivity index is 2.08. The molecule has 1 aromatic heterocycles. The summed E-state index contributed by atoms with van der Waals surface area (Å²) >= 11 is 0. The summed E-state index contributed by atoms with van der Waals surface area (Å²) < 4.78 is 33.7. The number of ether oxygens (including phenoxy) is 1. The summed E-state index contributed by atoms with van der Waals surface area (Å²) in [6.07, 6.45) is 4.13. The Kier molecular flexibility index (Phi) is 5.47. The first-order valence-corrected chi connectivity index (χ1v) is 7.37. The predicted octanol–water partition coefficient (Wildman–Crippen LogP) is 1.11. The molecule has 0 unspecified atom stereocenters. The number of hydrogen-bond donors (Lipinski definition) is 2. The van der Waals surface area contributed by atoms with Crippen molar-refractivity contribution < 1.29 is 23.4 Å². The van der Waals surface area contributed by atoms with E-state index in [-0.39, 0.29) is 0 Å². The van der Waals surface area contributed by atoms with Crippen LogP contribution in [0.1, 0.15) is 31.7 Å². The van der Waals surface area contributed by atoms with Crippen molar-refractivity contribution in [3.63, 3.8) is 0 Å². The van der Waals surface area contributed by atoms with E-state index in [9.17, 15) is 13.6 Å². The molecule has 8 heteroatoms. The maximum Gasteiger partial charge on any atom is 0.287 e. The molecular weight excluding hydrogens is 296 g/mol. The molecule has 22 heavy (non-hydrogen) atoms. The Hall–Kier alpha value is -1.54. The lowest BCUT2D eigenvalue weighted by molar-refractivity contribution is -0.138. The van der Waals surface area contributed by atoms with Gasteiger partial charge in [0.15, 0.2) is 0 Å². The van der Waals surface area contributed by atoms with Crippen molar-refractivity contribution in [2.75, 3.05) is 19.8 Å². The summed E-state index contributed by atoms with van der Waals surface area (Å²) in [5.74, 6) is -3.74. The highest BCUT2D eigenvalue weighted by molar-refractivity contribution is 5.79. The highest BCUT2D eigenvalue weighted by Crippen LogP contribution is 2.33. The van der Waals surface area contributed by atoms with Gasteiger partial charge in [0.2, 0.25) is 5.91 Å². The lowest BCUT2D eigenvalue weighted by atomic mass is 9.92. The van der Waals surface area contributed by atoms with Crippen molar-refractivity contribution >= 4 is 5.91 Å². The first kappa shape index (κ1) is 16.8. The molecular formula is C14H21F2N3O3. The van der Waals surface area contributed by atoms with E-state index in [0.717, 1.165) is 0 Å². The Morgan fingerprint density at radius 1 is 1.64 bits per heavy atom. The molecule has 2 heterocycles. The molecule has 0 saturated carbocycles. The van der Waals surface area contributed by atoms with Crippen LogP contribution >= 0.6 is 0 Å². The monoisotopic (exact) mass is 317 g/mol. The summed E-state index contributed by atoms with van der Waals surface area (Å²) in [6.45, 7) is 0.973. The molecule has 0 aliphatic carbocycles. The number of aliphatic hydroxyl groups excluding tert-OH is 1. The van der Waals surface area contributed by atoms with E-state index in [4.69, 9.17) is 9.84 Å². The number of carbonyl (C=O) groups is 1. The summed E-state index contributed by atoms with van der Waals surface area (Å²) in [7, 11) is 0. The number of rotatable bonds is 6. The molecule has 1 amide bonds. The fourth-order valence-corrected chi connectivity index (χ4v) is 2.55. The van der Waals surface area contributed by atoms with Crippen LogP contribution in [0.15, 0.2) is 12.4 Å². The summed E-state index contributed by atoms with van der Waals surface area (Å²) in [5, 5.41) is 10.8. The molecule has 2 atom stereocenters. The molecule has 0 bridgehead atoms. The number of aryl methyl sites for hydroxylation is 1. The molecule has 0 spiro atoms. The fraction of sp³-hybridized carbons (Fsp3) is 0.714. The lowest BCUT2D eigenvalue weighted by Crippen LogP contribution is -2.44. The third kappa shape index (κ3) is 3.80. The van der Waals surface area contributed by atoms with Gasteiger partial charge >= 0.3 is 0 Å². The molecule has 0 aromatic carbocycles. The maximum absolute atomic E-state index is 13.1. The molecule has 1 saturated heterocycles. The highest BCUT2D eigenvalue weighted by atomic mass is 19.3. The van der Waals surface area contributed by atoms with Gasteiger partial charge in [0, 0.05) is 25.5 Å². The largest absolute Gasteiger partial charge is 0.390 e. The first-order valence-electron chi connectivity index (χ1n) is 7.37. The van der Waals surface area contributed by atoms with E-state index in [1.165, 1.54) is 0 Å². The number of hydrogen-bond acceptors (Lipinski definition) is 4. The lowest BCUT2D eigenvalue weighted by Gasteiger charge is -2.31. The summed E-state index contributed by atoms with van der Waals surface area (Å²) in [4.78, 5) is 16.5. The Labute approximate surface area is 127 Å². The zero-order chi connectivity index (χ0) is 16.2. The van der Waals surface area contributed by atoms with Crippen molar-refractivity contribution in [1.29, 1.82) is 0 Å². The third-order valence-corrected chi connectivity index (χ3v) is 3.75. The minimum atomic E-state index is -3.32. The molecule has 0 radical (unpaired) electrons. The van der Waals surface area contributed by atoms with Crippen LogP contribution in [-0.2, 0) is 16.1 Å². The molecule has 1 aliphatic heterocycles. The Morgan fingerprint density at radius 2 is 2.41 bits per heavy atom. The molecule has 124 valence electrons. The second-order valence-electron chi connectivity index (χ2n) is 5.34. The number of amides is 1. The van der Waals surface area contributed by atoms with E-state index in [1.807, 2.05) is 11.5 Å². The molecule has 1 aliphatic rings. The van der Waals surface area contributed by atoms with Gasteiger partial charge < -0.3 is 19.7 Å². The van der Waals surface area contributed by atoms with Gasteiger partial charge in [0.05, 0.1) is 12.5 Å². The minimum absolute atomic E-state index is 0.497. The number of halogens is 2. The SMILES string of the molecule is CCn1ccnc1[C@@H]1OCCC[C@H]1C(=O)NCC(F)(F)CO. The zero-order valence-electron chi connectivity index (χ0n) is 12.5. The minimum Gasteiger partial charge on any atom is -0.390 e. The van der Waals surface area contributed by atoms with Crippen molar-refractivity contribution in [2.45, 2.75) is 38.3 Å². The number of nitrogens with zero attached hydrogens (tertiary/aromatic N) is 2. The number of carbonyl (C=O) groups excluding carboxylic acids is 1. The highest BCUT2D eigenvalue weighted by Gasteiger charge is 2.37. The number of aliphatic hydroxyl groups is 1. The van der Waals surface area contributed by atoms with Gasteiger partial charge in [-0.05, 0) is 19.8 Å². The van der Waals surface area contributed by atoms with Crippen LogP contribution in [0.4, 0.5) is 8.78 Å². The first-order chi connectivity index (χ1) is 10.5. The topological polar surface area (TPSA) is 76.4 Å².